The number of halogens is 3. The lowest BCUT2D eigenvalue weighted by Crippen LogP contribution is -2.42. The molecule has 9 heteroatoms. The van der Waals surface area contributed by atoms with Crippen LogP contribution in [0.1, 0.15) is 60.0 Å². The molecule has 1 amide bonds. The van der Waals surface area contributed by atoms with E-state index >= 15 is 0 Å². The molecule has 5 nitrogen and oxygen atoms in total. The van der Waals surface area contributed by atoms with E-state index in [1.54, 1.807) is 6.20 Å². The van der Waals surface area contributed by atoms with E-state index in [0.717, 1.165) is 40.8 Å². The molecule has 0 radical (unpaired) electrons. The summed E-state index contributed by atoms with van der Waals surface area (Å²) in [4.78, 5) is 18.7. The summed E-state index contributed by atoms with van der Waals surface area (Å²) in [5, 5.41) is 8.69. The van der Waals surface area contributed by atoms with Crippen molar-refractivity contribution in [2.75, 3.05) is 13.1 Å². The standard InChI is InChI=1S/C18H21F3N4OS/c1-10-6-12-8-22-24-15(12)13(7-10)17(26)25-4-2-11(3-5-25)16-23-14(9-27-16)18(19,20)21/h8-11,13H,2-7H2,1H3,(H,22,24). The summed E-state index contributed by atoms with van der Waals surface area (Å²) in [6, 6.07) is 0. The van der Waals surface area contributed by atoms with Crippen molar-refractivity contribution in [3.8, 4) is 0 Å². The number of amides is 1. The van der Waals surface area contributed by atoms with Crippen LogP contribution in [0.25, 0.3) is 0 Å². The minimum Gasteiger partial charge on any atom is -0.342 e. The smallest absolute Gasteiger partial charge is 0.342 e. The maximum absolute atomic E-state index is 13.1. The number of thiazole rings is 1. The molecule has 2 aromatic rings. The molecule has 0 bridgehead atoms. The average molecular weight is 398 g/mol. The fourth-order valence-corrected chi connectivity index (χ4v) is 5.16. The summed E-state index contributed by atoms with van der Waals surface area (Å²) in [6.45, 7) is 3.25. The van der Waals surface area contributed by atoms with Crippen LogP contribution in [-0.4, -0.2) is 39.1 Å². The van der Waals surface area contributed by atoms with Crippen molar-refractivity contribution < 1.29 is 18.0 Å². The monoisotopic (exact) mass is 398 g/mol. The van der Waals surface area contributed by atoms with Gasteiger partial charge in [0.2, 0.25) is 5.91 Å². The lowest BCUT2D eigenvalue weighted by Gasteiger charge is -2.35. The van der Waals surface area contributed by atoms with Crippen LogP contribution in [0.3, 0.4) is 0 Å². The summed E-state index contributed by atoms with van der Waals surface area (Å²) in [7, 11) is 0. The Kier molecular flexibility index (Phi) is 4.73. The SMILES string of the molecule is CC1Cc2cn[nH]c2C(C(=O)N2CCC(c3nc(C(F)(F)F)cs3)CC2)C1. The molecule has 1 fully saturated rings. The van der Waals surface area contributed by atoms with Gasteiger partial charge in [0.15, 0.2) is 5.69 Å². The number of rotatable bonds is 2. The van der Waals surface area contributed by atoms with E-state index < -0.39 is 11.9 Å². The molecule has 2 atom stereocenters. The summed E-state index contributed by atoms with van der Waals surface area (Å²) in [5.41, 5.74) is 1.23. The molecule has 27 heavy (non-hydrogen) atoms. The molecule has 1 aliphatic heterocycles. The van der Waals surface area contributed by atoms with Gasteiger partial charge in [-0.3, -0.25) is 9.89 Å². The summed E-state index contributed by atoms with van der Waals surface area (Å²) in [6.07, 6.45) is 0.436. The molecule has 1 saturated heterocycles. The van der Waals surface area contributed by atoms with Crippen molar-refractivity contribution in [2.45, 2.75) is 50.6 Å². The van der Waals surface area contributed by atoms with Gasteiger partial charge in [-0.05, 0) is 37.2 Å². The number of carbonyl (C=O) groups excluding carboxylic acids is 1. The van der Waals surface area contributed by atoms with E-state index in [4.69, 9.17) is 0 Å². The van der Waals surface area contributed by atoms with Crippen molar-refractivity contribution in [3.63, 3.8) is 0 Å². The summed E-state index contributed by atoms with van der Waals surface area (Å²) in [5.74, 6) is 0.320. The second kappa shape index (κ2) is 6.92. The first kappa shape index (κ1) is 18.5. The van der Waals surface area contributed by atoms with Gasteiger partial charge in [-0.15, -0.1) is 11.3 Å². The normalized spacial score (nSPS) is 24.1. The Balaban J connectivity index is 1.41. The van der Waals surface area contributed by atoms with Crippen LogP contribution in [0.15, 0.2) is 11.6 Å². The molecular weight excluding hydrogens is 377 g/mol. The van der Waals surface area contributed by atoms with Gasteiger partial charge < -0.3 is 4.90 Å². The molecule has 3 heterocycles. The molecule has 4 rings (SSSR count). The van der Waals surface area contributed by atoms with Gasteiger partial charge in [-0.2, -0.15) is 18.3 Å². The Morgan fingerprint density at radius 3 is 2.74 bits per heavy atom. The van der Waals surface area contributed by atoms with Crippen molar-refractivity contribution in [1.82, 2.24) is 20.1 Å². The first-order valence-electron chi connectivity index (χ1n) is 9.16. The Morgan fingerprint density at radius 1 is 1.33 bits per heavy atom. The van der Waals surface area contributed by atoms with E-state index in [9.17, 15) is 18.0 Å². The molecule has 2 aliphatic rings. The zero-order chi connectivity index (χ0) is 19.2. The number of aromatic nitrogens is 3. The zero-order valence-corrected chi connectivity index (χ0v) is 15.7. The maximum Gasteiger partial charge on any atom is 0.434 e. The number of piperidine rings is 1. The number of fused-ring (bicyclic) bond motifs is 1. The molecule has 0 saturated carbocycles. The molecule has 146 valence electrons. The fourth-order valence-electron chi connectivity index (χ4n) is 4.16. The topological polar surface area (TPSA) is 61.9 Å². The minimum absolute atomic E-state index is 0.0110. The van der Waals surface area contributed by atoms with Crippen LogP contribution >= 0.6 is 11.3 Å². The lowest BCUT2D eigenvalue weighted by atomic mass is 9.80. The predicted octanol–water partition coefficient (Wildman–Crippen LogP) is 3.96. The third kappa shape index (κ3) is 3.61. The summed E-state index contributed by atoms with van der Waals surface area (Å²) >= 11 is 1.06. The summed E-state index contributed by atoms with van der Waals surface area (Å²) < 4.78 is 38.3. The van der Waals surface area contributed by atoms with Gasteiger partial charge in [0, 0.05) is 24.4 Å². The van der Waals surface area contributed by atoms with Gasteiger partial charge in [0.25, 0.3) is 0 Å². The molecule has 0 aromatic carbocycles. The first-order valence-corrected chi connectivity index (χ1v) is 10.0. The quantitative estimate of drug-likeness (QED) is 0.833. The Labute approximate surface area is 159 Å². The Hall–Kier alpha value is -1.90. The molecule has 2 unspecified atom stereocenters. The second-order valence-electron chi connectivity index (χ2n) is 7.57. The highest BCUT2D eigenvalue weighted by molar-refractivity contribution is 7.09. The van der Waals surface area contributed by atoms with Crippen molar-refractivity contribution >= 4 is 17.2 Å². The fraction of sp³-hybridized carbons (Fsp3) is 0.611. The van der Waals surface area contributed by atoms with Crippen LogP contribution in [0, 0.1) is 5.92 Å². The van der Waals surface area contributed by atoms with Crippen molar-refractivity contribution in [1.29, 1.82) is 0 Å². The van der Waals surface area contributed by atoms with E-state index in [1.807, 2.05) is 4.90 Å². The highest BCUT2D eigenvalue weighted by Gasteiger charge is 2.37. The molecule has 0 spiro atoms. The predicted molar refractivity (Wildman–Crippen MR) is 94.5 cm³/mol. The average Bonchev–Trinajstić information content (AvgIpc) is 3.29. The van der Waals surface area contributed by atoms with Crippen molar-refractivity contribution in [3.05, 3.63) is 33.5 Å². The number of carbonyl (C=O) groups is 1. The van der Waals surface area contributed by atoms with Gasteiger partial charge in [0.1, 0.15) is 0 Å². The molecule has 1 aliphatic carbocycles. The molecular formula is C18H21F3N4OS. The van der Waals surface area contributed by atoms with E-state index in [2.05, 4.69) is 22.1 Å². The number of aromatic amines is 1. The maximum atomic E-state index is 13.1. The number of likely N-dealkylation sites (tertiary alicyclic amines) is 1. The van der Waals surface area contributed by atoms with Crippen LogP contribution in [0.4, 0.5) is 13.2 Å². The second-order valence-corrected chi connectivity index (χ2v) is 8.46. The number of hydrogen-bond acceptors (Lipinski definition) is 4. The highest BCUT2D eigenvalue weighted by Crippen LogP contribution is 2.38. The number of nitrogens with zero attached hydrogens (tertiary/aromatic N) is 3. The van der Waals surface area contributed by atoms with E-state index in [0.29, 0.717) is 36.9 Å². The molecule has 2 aromatic heterocycles. The Bertz CT molecular complexity index is 823. The van der Waals surface area contributed by atoms with Crippen LogP contribution in [0.2, 0.25) is 0 Å². The zero-order valence-electron chi connectivity index (χ0n) is 14.9. The number of alkyl halides is 3. The highest BCUT2D eigenvalue weighted by atomic mass is 32.1. The first-order chi connectivity index (χ1) is 12.8. The largest absolute Gasteiger partial charge is 0.434 e. The third-order valence-electron chi connectivity index (χ3n) is 5.57. The van der Waals surface area contributed by atoms with Gasteiger partial charge >= 0.3 is 6.18 Å². The lowest BCUT2D eigenvalue weighted by molar-refractivity contribution is -0.140. The van der Waals surface area contributed by atoms with Gasteiger partial charge in [0.05, 0.1) is 22.8 Å². The van der Waals surface area contributed by atoms with Gasteiger partial charge in [-0.25, -0.2) is 4.98 Å². The van der Waals surface area contributed by atoms with Crippen LogP contribution in [-0.2, 0) is 17.4 Å². The number of H-pyrrole nitrogens is 1. The minimum atomic E-state index is -4.40. The van der Waals surface area contributed by atoms with Crippen molar-refractivity contribution in [2.24, 2.45) is 5.92 Å². The van der Waals surface area contributed by atoms with E-state index in [1.165, 1.54) is 0 Å². The number of nitrogens with one attached hydrogen (secondary N) is 1. The number of hydrogen-bond donors (Lipinski definition) is 1. The van der Waals surface area contributed by atoms with E-state index in [-0.39, 0.29) is 17.7 Å². The van der Waals surface area contributed by atoms with Crippen LogP contribution < -0.4 is 0 Å². The third-order valence-corrected chi connectivity index (χ3v) is 6.58. The Morgan fingerprint density at radius 2 is 2.07 bits per heavy atom. The van der Waals surface area contributed by atoms with Gasteiger partial charge in [-0.1, -0.05) is 6.92 Å². The van der Waals surface area contributed by atoms with Crippen LogP contribution in [0.5, 0.6) is 0 Å². The molecule has 1 N–H and O–H groups in total.